The first-order valence-electron chi connectivity index (χ1n) is 3.54. The van der Waals surface area contributed by atoms with E-state index in [0.717, 1.165) is 0 Å². The molecular formula is C6H10N4O3. The van der Waals surface area contributed by atoms with Crippen molar-refractivity contribution in [3.05, 3.63) is 5.56 Å². The molecule has 0 atom stereocenters. The number of hydrogen-bond acceptors (Lipinski definition) is 5. The molecular weight excluding hydrogens is 176 g/mol. The van der Waals surface area contributed by atoms with E-state index in [1.807, 2.05) is 0 Å². The number of carbonyl (C=O) groups excluding carboxylic acids is 1. The summed E-state index contributed by atoms with van der Waals surface area (Å²) in [4.78, 5) is 10.8. The van der Waals surface area contributed by atoms with Gasteiger partial charge in [-0.15, -0.1) is 0 Å². The monoisotopic (exact) mass is 186 g/mol. The van der Waals surface area contributed by atoms with Crippen LogP contribution >= 0.6 is 0 Å². The Kier molecular flexibility index (Phi) is 2.70. The van der Waals surface area contributed by atoms with Crippen molar-refractivity contribution in [2.24, 2.45) is 5.73 Å². The lowest BCUT2D eigenvalue weighted by molar-refractivity contribution is 0.0995. The van der Waals surface area contributed by atoms with Crippen molar-refractivity contribution < 1.29 is 14.6 Å². The first kappa shape index (κ1) is 9.33. The van der Waals surface area contributed by atoms with Crippen molar-refractivity contribution >= 4 is 11.7 Å². The van der Waals surface area contributed by atoms with Gasteiger partial charge in [-0.3, -0.25) is 4.79 Å². The van der Waals surface area contributed by atoms with E-state index in [1.165, 1.54) is 0 Å². The summed E-state index contributed by atoms with van der Waals surface area (Å²) in [6.45, 7) is -0.126. The van der Waals surface area contributed by atoms with E-state index in [2.05, 4.69) is 10.2 Å². The number of amides is 1. The van der Waals surface area contributed by atoms with Crippen LogP contribution in [-0.2, 0) is 0 Å². The minimum absolute atomic E-state index is 0.00782. The molecule has 0 saturated heterocycles. The van der Waals surface area contributed by atoms with Crippen molar-refractivity contribution in [1.82, 2.24) is 10.2 Å². The second kappa shape index (κ2) is 3.76. The largest absolute Gasteiger partial charge is 0.475 e. The number of aliphatic hydroxyl groups excluding tert-OH is 1. The fraction of sp³-hybridized carbons (Fsp3) is 0.333. The molecule has 0 fully saturated rings. The number of nitrogens with zero attached hydrogens (tertiary/aromatic N) is 1. The van der Waals surface area contributed by atoms with Crippen LogP contribution < -0.4 is 16.2 Å². The van der Waals surface area contributed by atoms with E-state index in [1.54, 1.807) is 0 Å². The van der Waals surface area contributed by atoms with Crippen LogP contribution in [0.15, 0.2) is 0 Å². The molecule has 7 nitrogen and oxygen atoms in total. The molecule has 1 heterocycles. The van der Waals surface area contributed by atoms with Crippen LogP contribution in [0.25, 0.3) is 0 Å². The number of ether oxygens (including phenoxy) is 1. The van der Waals surface area contributed by atoms with Crippen LogP contribution in [0.4, 0.5) is 5.82 Å². The van der Waals surface area contributed by atoms with Gasteiger partial charge in [0, 0.05) is 0 Å². The molecule has 13 heavy (non-hydrogen) atoms. The molecule has 0 saturated carbocycles. The maximum Gasteiger partial charge on any atom is 0.258 e. The molecule has 0 bridgehead atoms. The van der Waals surface area contributed by atoms with E-state index in [-0.39, 0.29) is 30.5 Å². The van der Waals surface area contributed by atoms with Crippen LogP contribution in [0.5, 0.6) is 5.88 Å². The van der Waals surface area contributed by atoms with Gasteiger partial charge in [-0.2, -0.15) is 5.10 Å². The predicted molar refractivity (Wildman–Crippen MR) is 44.1 cm³/mol. The minimum Gasteiger partial charge on any atom is -0.475 e. The molecule has 0 radical (unpaired) electrons. The number of rotatable bonds is 4. The number of aliphatic hydroxyl groups is 1. The van der Waals surface area contributed by atoms with Gasteiger partial charge in [-0.05, 0) is 0 Å². The van der Waals surface area contributed by atoms with Crippen molar-refractivity contribution in [2.45, 2.75) is 0 Å². The Balaban J connectivity index is 2.87. The first-order valence-corrected chi connectivity index (χ1v) is 3.54. The van der Waals surface area contributed by atoms with Crippen LogP contribution in [0.3, 0.4) is 0 Å². The Morgan fingerprint density at radius 2 is 2.38 bits per heavy atom. The van der Waals surface area contributed by atoms with Crippen LogP contribution in [0.2, 0.25) is 0 Å². The molecule has 72 valence electrons. The summed E-state index contributed by atoms with van der Waals surface area (Å²) in [5.74, 6) is -0.654. The normalized spacial score (nSPS) is 9.92. The average molecular weight is 186 g/mol. The number of aromatic amines is 1. The van der Waals surface area contributed by atoms with Gasteiger partial charge in [0.15, 0.2) is 5.82 Å². The molecule has 7 heteroatoms. The Labute approximate surface area is 73.7 Å². The predicted octanol–water partition coefficient (Wildman–Crippen LogP) is -1.54. The lowest BCUT2D eigenvalue weighted by atomic mass is 10.3. The van der Waals surface area contributed by atoms with Crippen LogP contribution in [0, 0.1) is 0 Å². The van der Waals surface area contributed by atoms with Gasteiger partial charge in [0.25, 0.3) is 5.91 Å². The lowest BCUT2D eigenvalue weighted by Crippen LogP contribution is -2.14. The van der Waals surface area contributed by atoms with E-state index >= 15 is 0 Å². The number of nitrogen functional groups attached to an aromatic ring is 1. The smallest absolute Gasteiger partial charge is 0.258 e. The van der Waals surface area contributed by atoms with Crippen molar-refractivity contribution in [2.75, 3.05) is 18.9 Å². The Hall–Kier alpha value is -1.76. The van der Waals surface area contributed by atoms with Crippen LogP contribution in [0.1, 0.15) is 10.4 Å². The Morgan fingerprint density at radius 1 is 1.69 bits per heavy atom. The van der Waals surface area contributed by atoms with Crippen molar-refractivity contribution in [3.63, 3.8) is 0 Å². The van der Waals surface area contributed by atoms with E-state index < -0.39 is 5.91 Å². The fourth-order valence-corrected chi connectivity index (χ4v) is 0.829. The molecule has 1 aromatic heterocycles. The topological polar surface area (TPSA) is 127 Å². The highest BCUT2D eigenvalue weighted by Crippen LogP contribution is 2.19. The summed E-state index contributed by atoms with van der Waals surface area (Å²) >= 11 is 0. The van der Waals surface area contributed by atoms with Crippen molar-refractivity contribution in [1.29, 1.82) is 0 Å². The zero-order valence-corrected chi connectivity index (χ0v) is 6.78. The molecule has 0 spiro atoms. The zero-order chi connectivity index (χ0) is 9.84. The van der Waals surface area contributed by atoms with Gasteiger partial charge < -0.3 is 21.3 Å². The van der Waals surface area contributed by atoms with Gasteiger partial charge in [-0.1, -0.05) is 0 Å². The summed E-state index contributed by atoms with van der Waals surface area (Å²) < 4.78 is 4.92. The lowest BCUT2D eigenvalue weighted by Gasteiger charge is -2.01. The number of hydrogen-bond donors (Lipinski definition) is 4. The second-order valence-electron chi connectivity index (χ2n) is 2.25. The molecule has 6 N–H and O–H groups in total. The molecule has 0 aliphatic carbocycles. The third kappa shape index (κ3) is 1.88. The highest BCUT2D eigenvalue weighted by atomic mass is 16.5. The van der Waals surface area contributed by atoms with Crippen molar-refractivity contribution in [3.8, 4) is 5.88 Å². The minimum atomic E-state index is -0.723. The Bertz CT molecular complexity index is 309. The SMILES string of the molecule is NC(=O)c1c(N)n[nH]c1OCCO. The third-order valence-corrected chi connectivity index (χ3v) is 1.35. The molecule has 0 aliphatic rings. The zero-order valence-electron chi connectivity index (χ0n) is 6.78. The highest BCUT2D eigenvalue weighted by Gasteiger charge is 2.16. The molecule has 1 amide bonds. The van der Waals surface area contributed by atoms with E-state index in [9.17, 15) is 4.79 Å². The molecule has 0 aromatic carbocycles. The second-order valence-corrected chi connectivity index (χ2v) is 2.25. The molecule has 1 aromatic rings. The van der Waals surface area contributed by atoms with E-state index in [4.69, 9.17) is 21.3 Å². The van der Waals surface area contributed by atoms with Gasteiger partial charge in [0.1, 0.15) is 12.2 Å². The van der Waals surface area contributed by atoms with Gasteiger partial charge in [0.2, 0.25) is 5.88 Å². The average Bonchev–Trinajstić information content (AvgIpc) is 2.43. The van der Waals surface area contributed by atoms with Gasteiger partial charge in [0.05, 0.1) is 6.61 Å². The summed E-state index contributed by atoms with van der Waals surface area (Å²) in [6.07, 6.45) is 0. The molecule has 0 aliphatic heterocycles. The quantitative estimate of drug-likeness (QED) is 0.453. The fourth-order valence-electron chi connectivity index (χ4n) is 0.829. The number of carbonyl (C=O) groups is 1. The standard InChI is InChI=1S/C6H10N4O3/c7-4-3(5(8)12)6(10-9-4)13-2-1-11/h11H,1-2H2,(H2,8,12)(H3,7,9,10). The maximum atomic E-state index is 10.8. The Morgan fingerprint density at radius 3 is 2.92 bits per heavy atom. The number of H-pyrrole nitrogens is 1. The summed E-state index contributed by atoms with van der Waals surface area (Å²) in [5, 5.41) is 14.4. The van der Waals surface area contributed by atoms with Gasteiger partial charge >= 0.3 is 0 Å². The highest BCUT2D eigenvalue weighted by molar-refractivity contribution is 5.99. The van der Waals surface area contributed by atoms with Crippen LogP contribution in [-0.4, -0.2) is 34.4 Å². The van der Waals surface area contributed by atoms with E-state index in [0.29, 0.717) is 0 Å². The first-order chi connectivity index (χ1) is 6.16. The van der Waals surface area contributed by atoms with Gasteiger partial charge in [-0.25, -0.2) is 5.10 Å². The molecule has 0 unspecified atom stereocenters. The third-order valence-electron chi connectivity index (χ3n) is 1.35. The maximum absolute atomic E-state index is 10.8. The number of primary amides is 1. The molecule has 1 rings (SSSR count). The number of anilines is 1. The number of nitrogens with two attached hydrogens (primary N) is 2. The number of nitrogens with one attached hydrogen (secondary N) is 1. The summed E-state index contributed by atoms with van der Waals surface area (Å²) in [6, 6.07) is 0. The number of aromatic nitrogens is 2. The summed E-state index contributed by atoms with van der Waals surface area (Å²) in [7, 11) is 0. The summed E-state index contributed by atoms with van der Waals surface area (Å²) in [5.41, 5.74) is 10.3.